The van der Waals surface area contributed by atoms with Crippen LogP contribution in [0.5, 0.6) is 5.75 Å². The predicted molar refractivity (Wildman–Crippen MR) is 164 cm³/mol. The van der Waals surface area contributed by atoms with Gasteiger partial charge in [-0.25, -0.2) is 4.98 Å². The van der Waals surface area contributed by atoms with Crippen LogP contribution in [0.2, 0.25) is 5.02 Å². The van der Waals surface area contributed by atoms with E-state index in [9.17, 15) is 22.8 Å². The molecule has 1 aromatic heterocycles. The number of fused-ring (bicyclic) bond motifs is 1. The van der Waals surface area contributed by atoms with E-state index in [1.807, 2.05) is 19.1 Å². The Kier molecular flexibility index (Phi) is 8.65. The monoisotopic (exact) mass is 668 g/mol. The van der Waals surface area contributed by atoms with Crippen LogP contribution in [0.1, 0.15) is 16.7 Å². The van der Waals surface area contributed by atoms with Gasteiger partial charge in [-0.05, 0) is 70.9 Å². The molecule has 0 aliphatic rings. The number of nitrogens with one attached hydrogen (secondary N) is 1. The number of anilines is 1. The minimum Gasteiger partial charge on any atom is -0.482 e. The summed E-state index contributed by atoms with van der Waals surface area (Å²) in [4.78, 5) is 30.6. The molecule has 0 spiro atoms. The zero-order chi connectivity index (χ0) is 30.7. The molecule has 43 heavy (non-hydrogen) atoms. The van der Waals surface area contributed by atoms with E-state index in [1.165, 1.54) is 24.4 Å². The Balaban J connectivity index is 1.54. The van der Waals surface area contributed by atoms with Crippen molar-refractivity contribution in [3.8, 4) is 17.1 Å². The number of aromatic nitrogens is 2. The van der Waals surface area contributed by atoms with E-state index in [1.54, 1.807) is 42.5 Å². The lowest BCUT2D eigenvalue weighted by Gasteiger charge is -2.14. The zero-order valence-electron chi connectivity index (χ0n) is 22.3. The van der Waals surface area contributed by atoms with Crippen molar-refractivity contribution in [2.24, 2.45) is 5.10 Å². The highest BCUT2D eigenvalue weighted by Crippen LogP contribution is 2.33. The maximum absolute atomic E-state index is 13.5. The van der Waals surface area contributed by atoms with Gasteiger partial charge in [-0.1, -0.05) is 54.1 Å². The molecule has 4 aromatic carbocycles. The maximum Gasteiger partial charge on any atom is 0.416 e. The Morgan fingerprint density at radius 3 is 2.58 bits per heavy atom. The first-order chi connectivity index (χ1) is 20.5. The fourth-order valence-electron chi connectivity index (χ4n) is 4.24. The summed E-state index contributed by atoms with van der Waals surface area (Å²) < 4.78 is 47.6. The summed E-state index contributed by atoms with van der Waals surface area (Å²) in [6.45, 7) is 1.50. The van der Waals surface area contributed by atoms with Gasteiger partial charge in [-0.15, -0.1) is 0 Å². The number of benzene rings is 4. The molecule has 1 amide bonds. The molecule has 5 aromatic rings. The molecule has 12 heteroatoms. The van der Waals surface area contributed by atoms with Gasteiger partial charge in [-0.2, -0.15) is 22.9 Å². The van der Waals surface area contributed by atoms with Crippen LogP contribution in [-0.2, 0) is 11.0 Å². The number of amides is 1. The van der Waals surface area contributed by atoms with Crippen molar-refractivity contribution in [2.45, 2.75) is 13.1 Å². The number of carbonyl (C=O) groups is 1. The summed E-state index contributed by atoms with van der Waals surface area (Å²) >= 11 is 9.66. The second-order valence-corrected chi connectivity index (χ2v) is 10.6. The molecule has 5 rings (SSSR count). The van der Waals surface area contributed by atoms with Crippen LogP contribution in [0, 0.1) is 6.92 Å². The molecule has 0 atom stereocenters. The number of para-hydroxylation sites is 2. The third-order valence-electron chi connectivity index (χ3n) is 6.32. The standard InChI is InChI=1S/C31H21BrClF3N4O3/c1-18-7-2-4-11-25(18)38-27(41)17-43-28-20(14-22(33)15-24(28)32)16-37-40-29(19-8-6-9-21(13-19)31(34,35)36)39-26-12-5-3-10-23(26)30(40)42/h2-16H,17H2,1H3,(H,38,41). The lowest BCUT2D eigenvalue weighted by molar-refractivity contribution is -0.137. The number of alkyl halides is 3. The van der Waals surface area contributed by atoms with Gasteiger partial charge in [-0.3, -0.25) is 9.59 Å². The number of halogens is 5. The molecule has 0 saturated carbocycles. The molecule has 0 radical (unpaired) electrons. The summed E-state index contributed by atoms with van der Waals surface area (Å²) in [5.41, 5.74) is 0.627. The number of nitrogens with zero attached hydrogens (tertiary/aromatic N) is 3. The molecule has 1 heterocycles. The van der Waals surface area contributed by atoms with Crippen LogP contribution in [0.25, 0.3) is 22.3 Å². The van der Waals surface area contributed by atoms with Gasteiger partial charge in [0.1, 0.15) is 5.75 Å². The number of hydrogen-bond donors (Lipinski definition) is 1. The van der Waals surface area contributed by atoms with E-state index in [4.69, 9.17) is 16.3 Å². The molecule has 0 fully saturated rings. The summed E-state index contributed by atoms with van der Waals surface area (Å²) in [6, 6.07) is 21.3. The number of rotatable bonds is 7. The largest absolute Gasteiger partial charge is 0.482 e. The highest BCUT2D eigenvalue weighted by molar-refractivity contribution is 9.10. The van der Waals surface area contributed by atoms with Gasteiger partial charge < -0.3 is 10.1 Å². The number of hydrogen-bond acceptors (Lipinski definition) is 5. The first-order valence-corrected chi connectivity index (χ1v) is 13.9. The van der Waals surface area contributed by atoms with Crippen molar-refractivity contribution in [3.63, 3.8) is 0 Å². The van der Waals surface area contributed by atoms with E-state index in [0.29, 0.717) is 20.7 Å². The van der Waals surface area contributed by atoms with Gasteiger partial charge in [0, 0.05) is 21.8 Å². The molecular weight excluding hydrogens is 649 g/mol. The number of ether oxygens (including phenoxy) is 1. The third kappa shape index (κ3) is 6.79. The van der Waals surface area contributed by atoms with Crippen LogP contribution in [0.3, 0.4) is 0 Å². The fraction of sp³-hybridized carbons (Fsp3) is 0.0968. The molecule has 1 N–H and O–H groups in total. The average molecular weight is 670 g/mol. The molecule has 0 aliphatic carbocycles. The van der Waals surface area contributed by atoms with E-state index >= 15 is 0 Å². The lowest BCUT2D eigenvalue weighted by Crippen LogP contribution is -2.21. The van der Waals surface area contributed by atoms with Crippen molar-refractivity contribution in [1.29, 1.82) is 0 Å². The Hall–Kier alpha value is -4.48. The van der Waals surface area contributed by atoms with E-state index < -0.39 is 23.2 Å². The first-order valence-electron chi connectivity index (χ1n) is 12.7. The fourth-order valence-corrected chi connectivity index (χ4v) is 5.19. The Labute approximate surface area is 256 Å². The SMILES string of the molecule is Cc1ccccc1NC(=O)COc1c(Br)cc(Cl)cc1C=Nn1c(-c2cccc(C(F)(F)F)c2)nc2ccccc2c1=O. The Morgan fingerprint density at radius 1 is 1.07 bits per heavy atom. The van der Waals surface area contributed by atoms with Crippen LogP contribution in [0.15, 0.2) is 99.3 Å². The predicted octanol–water partition coefficient (Wildman–Crippen LogP) is 7.71. The van der Waals surface area contributed by atoms with Gasteiger partial charge >= 0.3 is 6.18 Å². The Morgan fingerprint density at radius 2 is 1.81 bits per heavy atom. The smallest absolute Gasteiger partial charge is 0.416 e. The quantitative estimate of drug-likeness (QED) is 0.180. The number of aryl methyl sites for hydroxylation is 1. The van der Waals surface area contributed by atoms with Gasteiger partial charge in [0.05, 0.1) is 27.2 Å². The topological polar surface area (TPSA) is 85.6 Å². The minimum atomic E-state index is -4.61. The van der Waals surface area contributed by atoms with Crippen LogP contribution >= 0.6 is 27.5 Å². The van der Waals surface area contributed by atoms with E-state index in [0.717, 1.165) is 22.4 Å². The molecule has 0 bridgehead atoms. The van der Waals surface area contributed by atoms with Gasteiger partial charge in [0.2, 0.25) is 0 Å². The highest BCUT2D eigenvalue weighted by Gasteiger charge is 2.31. The van der Waals surface area contributed by atoms with Crippen molar-refractivity contribution in [1.82, 2.24) is 9.66 Å². The summed E-state index contributed by atoms with van der Waals surface area (Å²) in [7, 11) is 0. The van der Waals surface area contributed by atoms with Crippen LogP contribution < -0.4 is 15.6 Å². The first kappa shape index (κ1) is 30.0. The average Bonchev–Trinajstić information content (AvgIpc) is 2.97. The molecule has 0 aliphatic heterocycles. The van der Waals surface area contributed by atoms with Crippen LogP contribution in [0.4, 0.5) is 18.9 Å². The normalized spacial score (nSPS) is 11.7. The minimum absolute atomic E-state index is 0.0338. The van der Waals surface area contributed by atoms with Crippen molar-refractivity contribution >= 4 is 56.2 Å². The molecule has 0 unspecified atom stereocenters. The second kappa shape index (κ2) is 12.4. The third-order valence-corrected chi connectivity index (χ3v) is 7.13. The van der Waals surface area contributed by atoms with Gasteiger partial charge in [0.15, 0.2) is 12.4 Å². The molecule has 7 nitrogen and oxygen atoms in total. The molecule has 0 saturated heterocycles. The van der Waals surface area contributed by atoms with Crippen molar-refractivity contribution < 1.29 is 22.7 Å². The summed E-state index contributed by atoms with van der Waals surface area (Å²) in [6.07, 6.45) is -3.34. The van der Waals surface area contributed by atoms with E-state index in [-0.39, 0.29) is 34.7 Å². The lowest BCUT2D eigenvalue weighted by atomic mass is 10.1. The highest BCUT2D eigenvalue weighted by atomic mass is 79.9. The number of carbonyl (C=O) groups excluding carboxylic acids is 1. The van der Waals surface area contributed by atoms with Gasteiger partial charge in [0.25, 0.3) is 11.5 Å². The van der Waals surface area contributed by atoms with E-state index in [2.05, 4.69) is 31.3 Å². The van der Waals surface area contributed by atoms with Crippen molar-refractivity contribution in [2.75, 3.05) is 11.9 Å². The Bertz CT molecular complexity index is 1940. The summed E-state index contributed by atoms with van der Waals surface area (Å²) in [5.74, 6) is -0.316. The molecule has 218 valence electrons. The zero-order valence-corrected chi connectivity index (χ0v) is 24.7. The van der Waals surface area contributed by atoms with Crippen LogP contribution in [-0.4, -0.2) is 28.4 Å². The second-order valence-electron chi connectivity index (χ2n) is 9.35. The van der Waals surface area contributed by atoms with Crippen molar-refractivity contribution in [3.05, 3.63) is 121 Å². The maximum atomic E-state index is 13.5. The summed E-state index contributed by atoms with van der Waals surface area (Å²) in [5, 5.41) is 7.61. The molecular formula is C31H21BrClF3N4O3.